The third kappa shape index (κ3) is 4.67. The van der Waals surface area contributed by atoms with Gasteiger partial charge >= 0.3 is 0 Å². The molecule has 31 heavy (non-hydrogen) atoms. The predicted octanol–water partition coefficient (Wildman–Crippen LogP) is 2.71. The van der Waals surface area contributed by atoms with Crippen LogP contribution in [0.5, 0.6) is 0 Å². The van der Waals surface area contributed by atoms with E-state index in [4.69, 9.17) is 23.5 Å². The molecule has 0 spiro atoms. The Kier molecular flexibility index (Phi) is 6.71. The molecule has 2 fully saturated rings. The Bertz CT molecular complexity index is 869. The summed E-state index contributed by atoms with van der Waals surface area (Å²) < 4.78 is 21.8. The van der Waals surface area contributed by atoms with Gasteiger partial charge in [-0.05, 0) is 46.0 Å². The molecule has 2 aromatic rings. The summed E-state index contributed by atoms with van der Waals surface area (Å²) in [5.41, 5.74) is 1.28. The predicted molar refractivity (Wildman–Crippen MR) is 111 cm³/mol. The zero-order valence-electron chi connectivity index (χ0n) is 18.7. The lowest BCUT2D eigenvalue weighted by atomic mass is 9.76. The van der Waals surface area contributed by atoms with E-state index in [1.807, 2.05) is 18.7 Å². The maximum Gasteiger partial charge on any atom is 0.229 e. The molecule has 2 aliphatic heterocycles. The van der Waals surface area contributed by atoms with Crippen LogP contribution in [-0.2, 0) is 26.1 Å². The van der Waals surface area contributed by atoms with Crippen molar-refractivity contribution >= 4 is 5.91 Å². The molecule has 2 aliphatic rings. The second kappa shape index (κ2) is 9.48. The number of likely N-dealkylation sites (tertiary alicyclic amines) is 1. The highest BCUT2D eigenvalue weighted by Crippen LogP contribution is 2.37. The van der Waals surface area contributed by atoms with Gasteiger partial charge in [0.25, 0.3) is 0 Å². The molecule has 170 valence electrons. The van der Waals surface area contributed by atoms with Gasteiger partial charge in [0.2, 0.25) is 11.8 Å². The number of rotatable bonds is 7. The van der Waals surface area contributed by atoms with Crippen molar-refractivity contribution in [1.29, 1.82) is 0 Å². The average Bonchev–Trinajstić information content (AvgIpc) is 3.42. The quantitative estimate of drug-likeness (QED) is 0.658. The first-order valence-corrected chi connectivity index (χ1v) is 11.1. The van der Waals surface area contributed by atoms with E-state index in [2.05, 4.69) is 10.3 Å². The van der Waals surface area contributed by atoms with E-state index in [-0.39, 0.29) is 17.2 Å². The topological polar surface area (TPSA) is 104 Å². The van der Waals surface area contributed by atoms with Crippen LogP contribution in [0.4, 0.5) is 0 Å². The molecule has 0 N–H and O–H groups in total. The Hall–Kier alpha value is -2.26. The van der Waals surface area contributed by atoms with Crippen LogP contribution in [0.3, 0.4) is 0 Å². The van der Waals surface area contributed by atoms with Gasteiger partial charge in [-0.3, -0.25) is 4.79 Å². The van der Waals surface area contributed by atoms with Crippen molar-refractivity contribution in [2.24, 2.45) is 0 Å². The van der Waals surface area contributed by atoms with Crippen LogP contribution in [0.25, 0.3) is 0 Å². The average molecular weight is 433 g/mol. The number of nitrogens with zero attached hydrogens (tertiary/aromatic N) is 4. The van der Waals surface area contributed by atoms with Crippen molar-refractivity contribution < 1.29 is 23.3 Å². The Morgan fingerprint density at radius 2 is 2.03 bits per heavy atom. The lowest BCUT2D eigenvalue weighted by Crippen LogP contribution is -2.50. The summed E-state index contributed by atoms with van der Waals surface area (Å²) in [6, 6.07) is 0. The number of aryl methyl sites for hydroxylation is 2. The SMILES string of the molecule is COCCC1(c2noc(C3CCOCC3)n2)CCCN(C(=O)Cc2c(C)noc2C)C1. The van der Waals surface area contributed by atoms with Gasteiger partial charge in [-0.2, -0.15) is 4.98 Å². The summed E-state index contributed by atoms with van der Waals surface area (Å²) in [5, 5.41) is 8.37. The van der Waals surface area contributed by atoms with Gasteiger partial charge in [-0.1, -0.05) is 10.3 Å². The number of carbonyl (C=O) groups excluding carboxylic acids is 1. The number of methoxy groups -OCH3 is 1. The van der Waals surface area contributed by atoms with E-state index in [1.54, 1.807) is 7.11 Å². The van der Waals surface area contributed by atoms with Crippen molar-refractivity contribution in [1.82, 2.24) is 20.2 Å². The minimum atomic E-state index is -0.366. The number of ether oxygens (including phenoxy) is 2. The monoisotopic (exact) mass is 432 g/mol. The first kappa shape index (κ1) is 22.0. The fourth-order valence-electron chi connectivity index (χ4n) is 4.72. The molecule has 0 bridgehead atoms. The molecule has 0 radical (unpaired) electrons. The number of aromatic nitrogens is 3. The number of piperidine rings is 1. The Morgan fingerprint density at radius 1 is 1.23 bits per heavy atom. The summed E-state index contributed by atoms with van der Waals surface area (Å²) >= 11 is 0. The number of carbonyl (C=O) groups is 1. The van der Waals surface area contributed by atoms with E-state index >= 15 is 0 Å². The number of amides is 1. The molecule has 9 heteroatoms. The fourth-order valence-corrected chi connectivity index (χ4v) is 4.72. The maximum absolute atomic E-state index is 13.2. The van der Waals surface area contributed by atoms with E-state index in [1.165, 1.54) is 0 Å². The molecule has 2 aromatic heterocycles. The lowest BCUT2D eigenvalue weighted by molar-refractivity contribution is -0.133. The summed E-state index contributed by atoms with van der Waals surface area (Å²) in [5.74, 6) is 2.40. The molecule has 0 saturated carbocycles. The molecule has 0 aromatic carbocycles. The van der Waals surface area contributed by atoms with Gasteiger partial charge in [-0.25, -0.2) is 0 Å². The molecule has 1 unspecified atom stereocenters. The third-order valence-electron chi connectivity index (χ3n) is 6.71. The Balaban J connectivity index is 1.53. The van der Waals surface area contributed by atoms with Gasteiger partial charge in [0, 0.05) is 51.5 Å². The van der Waals surface area contributed by atoms with Crippen molar-refractivity contribution in [2.75, 3.05) is 40.0 Å². The minimum Gasteiger partial charge on any atom is -0.385 e. The van der Waals surface area contributed by atoms with Gasteiger partial charge in [0.1, 0.15) is 5.76 Å². The highest BCUT2D eigenvalue weighted by molar-refractivity contribution is 5.79. The Morgan fingerprint density at radius 3 is 2.74 bits per heavy atom. The third-order valence-corrected chi connectivity index (χ3v) is 6.71. The molecule has 4 rings (SSSR count). The van der Waals surface area contributed by atoms with Crippen LogP contribution >= 0.6 is 0 Å². The fraction of sp³-hybridized carbons (Fsp3) is 0.727. The maximum atomic E-state index is 13.2. The highest BCUT2D eigenvalue weighted by atomic mass is 16.5. The largest absolute Gasteiger partial charge is 0.385 e. The molecule has 1 atom stereocenters. The van der Waals surface area contributed by atoms with Gasteiger partial charge in [0.15, 0.2) is 5.82 Å². The van der Waals surface area contributed by atoms with Crippen LogP contribution in [0, 0.1) is 13.8 Å². The molecular formula is C22H32N4O5. The molecule has 1 amide bonds. The molecule has 0 aliphatic carbocycles. The molecule has 9 nitrogen and oxygen atoms in total. The van der Waals surface area contributed by atoms with E-state index in [0.29, 0.717) is 37.0 Å². The summed E-state index contributed by atoms with van der Waals surface area (Å²) in [4.78, 5) is 19.9. The van der Waals surface area contributed by atoms with Crippen LogP contribution in [-0.4, -0.2) is 66.1 Å². The first-order valence-electron chi connectivity index (χ1n) is 11.1. The normalized spacial score (nSPS) is 22.7. The van der Waals surface area contributed by atoms with Gasteiger partial charge in [-0.15, -0.1) is 0 Å². The van der Waals surface area contributed by atoms with Crippen molar-refractivity contribution in [2.45, 2.75) is 63.7 Å². The van der Waals surface area contributed by atoms with Gasteiger partial charge < -0.3 is 23.4 Å². The molecule has 4 heterocycles. The van der Waals surface area contributed by atoms with Gasteiger partial charge in [0.05, 0.1) is 17.5 Å². The summed E-state index contributed by atoms with van der Waals surface area (Å²) in [6.45, 7) is 7.02. The van der Waals surface area contributed by atoms with Crippen LogP contribution in [0.1, 0.15) is 66.8 Å². The summed E-state index contributed by atoms with van der Waals surface area (Å²) in [7, 11) is 1.70. The van der Waals surface area contributed by atoms with Crippen LogP contribution in [0.15, 0.2) is 9.05 Å². The number of hydrogen-bond acceptors (Lipinski definition) is 8. The lowest BCUT2D eigenvalue weighted by Gasteiger charge is -2.41. The van der Waals surface area contributed by atoms with E-state index < -0.39 is 0 Å². The van der Waals surface area contributed by atoms with E-state index in [0.717, 1.165) is 63.1 Å². The number of hydrogen-bond donors (Lipinski definition) is 0. The second-order valence-electron chi connectivity index (χ2n) is 8.76. The molecule has 2 saturated heterocycles. The highest BCUT2D eigenvalue weighted by Gasteiger charge is 2.42. The second-order valence-corrected chi connectivity index (χ2v) is 8.76. The summed E-state index contributed by atoms with van der Waals surface area (Å²) in [6.07, 6.45) is 4.62. The first-order chi connectivity index (χ1) is 15.0. The molecular weight excluding hydrogens is 400 g/mol. The zero-order valence-corrected chi connectivity index (χ0v) is 18.7. The van der Waals surface area contributed by atoms with Crippen molar-refractivity contribution in [3.05, 3.63) is 28.7 Å². The van der Waals surface area contributed by atoms with Crippen LogP contribution < -0.4 is 0 Å². The Labute approximate surface area is 182 Å². The minimum absolute atomic E-state index is 0.0732. The smallest absolute Gasteiger partial charge is 0.229 e. The zero-order chi connectivity index (χ0) is 21.8. The van der Waals surface area contributed by atoms with E-state index in [9.17, 15) is 4.79 Å². The van der Waals surface area contributed by atoms with Crippen LogP contribution in [0.2, 0.25) is 0 Å². The standard InChI is InChI=1S/C22H32N4O5/c1-15-18(16(2)30-24-15)13-19(27)26-9-4-7-22(14-26,8-12-28-3)21-23-20(31-25-21)17-5-10-29-11-6-17/h17H,4-14H2,1-3H3. The van der Waals surface area contributed by atoms with Crippen molar-refractivity contribution in [3.63, 3.8) is 0 Å². The van der Waals surface area contributed by atoms with Crippen molar-refractivity contribution in [3.8, 4) is 0 Å².